The van der Waals surface area contributed by atoms with Gasteiger partial charge in [0, 0.05) is 25.1 Å². The molecule has 1 saturated heterocycles. The predicted molar refractivity (Wildman–Crippen MR) is 89.5 cm³/mol. The highest BCUT2D eigenvalue weighted by atomic mass is 16.7. The second kappa shape index (κ2) is 9.58. The lowest BCUT2D eigenvalue weighted by Gasteiger charge is -2.14. The van der Waals surface area contributed by atoms with Crippen LogP contribution in [0, 0.1) is 5.92 Å². The Bertz CT molecular complexity index is 581. The van der Waals surface area contributed by atoms with E-state index in [2.05, 4.69) is 5.32 Å². The van der Waals surface area contributed by atoms with Crippen LogP contribution in [-0.4, -0.2) is 54.4 Å². The van der Waals surface area contributed by atoms with Crippen molar-refractivity contribution in [3.05, 3.63) is 23.9 Å². The zero-order valence-corrected chi connectivity index (χ0v) is 14.7. The van der Waals surface area contributed by atoms with Crippen molar-refractivity contribution in [3.8, 4) is 0 Å². The number of amides is 4. The SMILES string of the molecule is CC(/C=C(\C=C/CCN(C)C)NC(=O)ON1C(=O)CCC1=O)C(N)=O. The number of allylic oxidation sites excluding steroid dienone is 1. The first-order valence-electron chi connectivity index (χ1n) is 7.88. The minimum atomic E-state index is -0.997. The maximum absolute atomic E-state index is 11.9. The maximum Gasteiger partial charge on any atom is 0.436 e. The highest BCUT2D eigenvalue weighted by Gasteiger charge is 2.32. The van der Waals surface area contributed by atoms with Crippen molar-refractivity contribution in [1.82, 2.24) is 15.3 Å². The zero-order chi connectivity index (χ0) is 19.0. The van der Waals surface area contributed by atoms with E-state index in [4.69, 9.17) is 10.6 Å². The van der Waals surface area contributed by atoms with Gasteiger partial charge in [0.25, 0.3) is 11.8 Å². The topological polar surface area (TPSA) is 122 Å². The third kappa shape index (κ3) is 7.17. The fraction of sp³-hybridized carbons (Fsp3) is 0.500. The average molecular weight is 352 g/mol. The van der Waals surface area contributed by atoms with Gasteiger partial charge in [0.15, 0.2) is 0 Å². The standard InChI is InChI=1S/C16H24N4O5/c1-11(15(17)23)10-12(6-4-5-9-19(2)3)18-16(24)25-20-13(21)7-8-14(20)22/h4,6,10-11H,5,7-9H2,1-3H3,(H2,17,23)(H,18,24)/b6-4-,12-10+. The predicted octanol–water partition coefficient (Wildman–Crippen LogP) is 0.290. The number of carbonyl (C=O) groups excluding carboxylic acids is 4. The number of hydrogen-bond donors (Lipinski definition) is 2. The summed E-state index contributed by atoms with van der Waals surface area (Å²) in [5.74, 6) is -2.32. The van der Waals surface area contributed by atoms with Gasteiger partial charge in [-0.15, -0.1) is 5.06 Å². The second-order valence-electron chi connectivity index (χ2n) is 5.89. The fourth-order valence-corrected chi connectivity index (χ4v) is 1.91. The molecular weight excluding hydrogens is 328 g/mol. The molecule has 0 aromatic rings. The van der Waals surface area contributed by atoms with E-state index in [0.29, 0.717) is 5.06 Å². The molecule has 4 amide bonds. The minimum Gasteiger partial charge on any atom is -0.369 e. The summed E-state index contributed by atoms with van der Waals surface area (Å²) in [7, 11) is 3.86. The zero-order valence-electron chi connectivity index (χ0n) is 14.7. The van der Waals surface area contributed by atoms with Crippen LogP contribution in [0.5, 0.6) is 0 Å². The third-order valence-corrected chi connectivity index (χ3v) is 3.35. The molecule has 0 aromatic carbocycles. The molecule has 0 aliphatic carbocycles. The summed E-state index contributed by atoms with van der Waals surface area (Å²) in [6.45, 7) is 2.38. The van der Waals surface area contributed by atoms with E-state index in [1.807, 2.05) is 25.1 Å². The van der Waals surface area contributed by atoms with Gasteiger partial charge in [0.2, 0.25) is 5.91 Å². The Morgan fingerprint density at radius 1 is 1.32 bits per heavy atom. The number of nitrogens with one attached hydrogen (secondary N) is 1. The van der Waals surface area contributed by atoms with Crippen molar-refractivity contribution >= 4 is 23.8 Å². The van der Waals surface area contributed by atoms with E-state index in [-0.39, 0.29) is 18.5 Å². The molecule has 1 heterocycles. The summed E-state index contributed by atoms with van der Waals surface area (Å²) >= 11 is 0. The van der Waals surface area contributed by atoms with Gasteiger partial charge in [-0.3, -0.25) is 19.7 Å². The van der Waals surface area contributed by atoms with Crippen molar-refractivity contribution in [2.24, 2.45) is 11.7 Å². The molecule has 9 nitrogen and oxygen atoms in total. The van der Waals surface area contributed by atoms with Crippen LogP contribution in [0.1, 0.15) is 26.2 Å². The second-order valence-corrected chi connectivity index (χ2v) is 5.89. The Balaban J connectivity index is 2.74. The molecule has 138 valence electrons. The number of rotatable bonds is 8. The molecule has 1 unspecified atom stereocenters. The summed E-state index contributed by atoms with van der Waals surface area (Å²) in [6.07, 6.45) is 4.63. The Hall–Kier alpha value is -2.68. The first kappa shape index (κ1) is 20.4. The van der Waals surface area contributed by atoms with E-state index in [0.717, 1.165) is 13.0 Å². The van der Waals surface area contributed by atoms with Crippen molar-refractivity contribution in [2.75, 3.05) is 20.6 Å². The van der Waals surface area contributed by atoms with Gasteiger partial charge >= 0.3 is 6.09 Å². The molecule has 9 heteroatoms. The van der Waals surface area contributed by atoms with Crippen molar-refractivity contribution < 1.29 is 24.0 Å². The van der Waals surface area contributed by atoms with E-state index >= 15 is 0 Å². The molecule has 3 N–H and O–H groups in total. The quantitative estimate of drug-likeness (QED) is 0.478. The average Bonchev–Trinajstić information content (AvgIpc) is 2.82. The van der Waals surface area contributed by atoms with Gasteiger partial charge in [0.1, 0.15) is 0 Å². The summed E-state index contributed by atoms with van der Waals surface area (Å²) in [5, 5.41) is 2.85. The smallest absolute Gasteiger partial charge is 0.369 e. The number of nitrogens with two attached hydrogens (primary N) is 1. The van der Waals surface area contributed by atoms with E-state index in [1.54, 1.807) is 13.0 Å². The minimum absolute atomic E-state index is 0.0119. The number of carbonyl (C=O) groups is 4. The van der Waals surface area contributed by atoms with Crippen LogP contribution >= 0.6 is 0 Å². The van der Waals surface area contributed by atoms with Crippen LogP contribution in [0.2, 0.25) is 0 Å². The maximum atomic E-state index is 11.9. The van der Waals surface area contributed by atoms with Crippen LogP contribution in [0.4, 0.5) is 4.79 Å². The summed E-state index contributed by atoms with van der Waals surface area (Å²) in [6, 6.07) is 0. The lowest BCUT2D eigenvalue weighted by Crippen LogP contribution is -2.36. The van der Waals surface area contributed by atoms with Gasteiger partial charge < -0.3 is 15.5 Å². The normalized spacial score (nSPS) is 16.6. The highest BCUT2D eigenvalue weighted by Crippen LogP contribution is 2.12. The number of hydrogen-bond acceptors (Lipinski definition) is 6. The molecule has 1 atom stereocenters. The molecule has 0 bridgehead atoms. The molecular formula is C16H24N4O5. The van der Waals surface area contributed by atoms with Gasteiger partial charge in [-0.1, -0.05) is 13.0 Å². The Labute approximate surface area is 146 Å². The van der Waals surface area contributed by atoms with Crippen molar-refractivity contribution in [2.45, 2.75) is 26.2 Å². The summed E-state index contributed by atoms with van der Waals surface area (Å²) in [4.78, 5) is 52.8. The van der Waals surface area contributed by atoms with Gasteiger partial charge in [0.05, 0.1) is 5.92 Å². The lowest BCUT2D eigenvalue weighted by molar-refractivity contribution is -0.171. The van der Waals surface area contributed by atoms with Crippen molar-refractivity contribution in [1.29, 1.82) is 0 Å². The van der Waals surface area contributed by atoms with Crippen LogP contribution in [0.25, 0.3) is 0 Å². The first-order chi connectivity index (χ1) is 11.7. The number of imide groups is 1. The van der Waals surface area contributed by atoms with Crippen LogP contribution in [0.3, 0.4) is 0 Å². The highest BCUT2D eigenvalue weighted by molar-refractivity contribution is 6.01. The fourth-order valence-electron chi connectivity index (χ4n) is 1.91. The molecule has 25 heavy (non-hydrogen) atoms. The lowest BCUT2D eigenvalue weighted by atomic mass is 10.1. The van der Waals surface area contributed by atoms with Gasteiger partial charge in [-0.05, 0) is 32.7 Å². The van der Waals surface area contributed by atoms with Crippen LogP contribution in [0.15, 0.2) is 23.9 Å². The molecule has 0 radical (unpaired) electrons. The number of primary amides is 1. The first-order valence-corrected chi connectivity index (χ1v) is 7.88. The largest absolute Gasteiger partial charge is 0.436 e. The van der Waals surface area contributed by atoms with E-state index in [1.165, 1.54) is 6.08 Å². The number of nitrogens with zero attached hydrogens (tertiary/aromatic N) is 2. The monoisotopic (exact) mass is 352 g/mol. The molecule has 1 rings (SSSR count). The third-order valence-electron chi connectivity index (χ3n) is 3.35. The summed E-state index contributed by atoms with van der Waals surface area (Å²) in [5.41, 5.74) is 5.51. The van der Waals surface area contributed by atoms with E-state index in [9.17, 15) is 19.2 Å². The Morgan fingerprint density at radius 2 is 1.92 bits per heavy atom. The Morgan fingerprint density at radius 3 is 2.44 bits per heavy atom. The summed E-state index contributed by atoms with van der Waals surface area (Å²) < 4.78 is 0. The molecule has 1 aliphatic heterocycles. The Kier molecular flexibility index (Phi) is 7.80. The molecule has 0 spiro atoms. The van der Waals surface area contributed by atoms with Crippen molar-refractivity contribution in [3.63, 3.8) is 0 Å². The molecule has 1 fully saturated rings. The van der Waals surface area contributed by atoms with Crippen LogP contribution < -0.4 is 11.1 Å². The number of hydroxylamine groups is 2. The van der Waals surface area contributed by atoms with Gasteiger partial charge in [-0.25, -0.2) is 4.79 Å². The van der Waals surface area contributed by atoms with Crippen LogP contribution in [-0.2, 0) is 19.2 Å². The van der Waals surface area contributed by atoms with Gasteiger partial charge in [-0.2, -0.15) is 0 Å². The molecule has 0 aromatic heterocycles. The molecule has 1 aliphatic rings. The van der Waals surface area contributed by atoms with E-state index < -0.39 is 29.7 Å². The molecule has 0 saturated carbocycles.